The third kappa shape index (κ3) is 4.16. The standard InChI is InChI=1S/C20H17ClN4O2S/c21-14-3-1-13(2-4-14)20-24-17(12-28-20)19(27)23-15-5-7-16(8-6-15)25-10-9-22-18(26)11-25/h1-8,12H,9-11H2,(H,22,26)(H,23,27). The molecule has 0 spiro atoms. The number of rotatable bonds is 4. The number of aromatic nitrogens is 1. The second-order valence-corrected chi connectivity index (χ2v) is 7.61. The molecule has 0 atom stereocenters. The van der Waals surface area contributed by atoms with E-state index in [9.17, 15) is 9.59 Å². The highest BCUT2D eigenvalue weighted by atomic mass is 35.5. The Labute approximate surface area is 171 Å². The molecule has 1 aliphatic rings. The van der Waals surface area contributed by atoms with E-state index < -0.39 is 0 Å². The fraction of sp³-hybridized carbons (Fsp3) is 0.150. The summed E-state index contributed by atoms with van der Waals surface area (Å²) in [6.45, 7) is 1.75. The van der Waals surface area contributed by atoms with Crippen LogP contribution in [0.25, 0.3) is 10.6 Å². The van der Waals surface area contributed by atoms with Gasteiger partial charge in [0.25, 0.3) is 5.91 Å². The van der Waals surface area contributed by atoms with E-state index >= 15 is 0 Å². The molecular formula is C20H17ClN4O2S. The molecular weight excluding hydrogens is 396 g/mol. The van der Waals surface area contributed by atoms with Gasteiger partial charge < -0.3 is 15.5 Å². The van der Waals surface area contributed by atoms with Crippen LogP contribution in [0.2, 0.25) is 5.02 Å². The van der Waals surface area contributed by atoms with Gasteiger partial charge in [0.2, 0.25) is 5.91 Å². The second-order valence-electron chi connectivity index (χ2n) is 6.32. The number of carbonyl (C=O) groups excluding carboxylic acids is 2. The number of benzene rings is 2. The molecule has 1 saturated heterocycles. The number of piperazine rings is 1. The number of hydrogen-bond acceptors (Lipinski definition) is 5. The molecule has 8 heteroatoms. The van der Waals surface area contributed by atoms with E-state index in [1.165, 1.54) is 11.3 Å². The second kappa shape index (κ2) is 8.00. The van der Waals surface area contributed by atoms with E-state index in [1.807, 2.05) is 41.3 Å². The van der Waals surface area contributed by atoms with Crippen LogP contribution in [0.3, 0.4) is 0 Å². The van der Waals surface area contributed by atoms with E-state index in [-0.39, 0.29) is 11.8 Å². The molecule has 0 bridgehead atoms. The van der Waals surface area contributed by atoms with Crippen LogP contribution in [0.15, 0.2) is 53.9 Å². The summed E-state index contributed by atoms with van der Waals surface area (Å²) >= 11 is 7.32. The molecule has 0 radical (unpaired) electrons. The maximum Gasteiger partial charge on any atom is 0.275 e. The van der Waals surface area contributed by atoms with Gasteiger partial charge in [0.15, 0.2) is 0 Å². The molecule has 1 aromatic heterocycles. The summed E-state index contributed by atoms with van der Waals surface area (Å²) in [6, 6.07) is 14.8. The number of hydrogen-bond donors (Lipinski definition) is 2. The summed E-state index contributed by atoms with van der Waals surface area (Å²) < 4.78 is 0. The fourth-order valence-corrected chi connectivity index (χ4v) is 3.84. The summed E-state index contributed by atoms with van der Waals surface area (Å²) in [5.41, 5.74) is 2.91. The van der Waals surface area contributed by atoms with Crippen molar-refractivity contribution in [3.05, 3.63) is 64.6 Å². The molecule has 0 saturated carbocycles. The predicted octanol–water partition coefficient (Wildman–Crippen LogP) is 3.65. The molecule has 2 amide bonds. The smallest absolute Gasteiger partial charge is 0.275 e. The molecule has 1 fully saturated rings. The summed E-state index contributed by atoms with van der Waals surface area (Å²) in [6.07, 6.45) is 0. The van der Waals surface area contributed by atoms with Crippen LogP contribution >= 0.6 is 22.9 Å². The van der Waals surface area contributed by atoms with Crippen molar-refractivity contribution in [3.8, 4) is 10.6 Å². The van der Waals surface area contributed by atoms with Crippen LogP contribution in [-0.4, -0.2) is 36.4 Å². The molecule has 2 heterocycles. The van der Waals surface area contributed by atoms with E-state index in [0.29, 0.717) is 29.5 Å². The van der Waals surface area contributed by atoms with Crippen molar-refractivity contribution in [1.29, 1.82) is 0 Å². The maximum absolute atomic E-state index is 12.5. The van der Waals surface area contributed by atoms with Crippen molar-refractivity contribution >= 4 is 46.1 Å². The van der Waals surface area contributed by atoms with Gasteiger partial charge >= 0.3 is 0 Å². The lowest BCUT2D eigenvalue weighted by Gasteiger charge is -2.28. The fourth-order valence-electron chi connectivity index (χ4n) is 2.91. The van der Waals surface area contributed by atoms with Crippen molar-refractivity contribution in [2.24, 2.45) is 0 Å². The molecule has 3 aromatic rings. The molecule has 2 N–H and O–H groups in total. The summed E-state index contributed by atoms with van der Waals surface area (Å²) in [5, 5.41) is 8.82. The lowest BCUT2D eigenvalue weighted by molar-refractivity contribution is -0.120. The van der Waals surface area contributed by atoms with Crippen molar-refractivity contribution in [3.63, 3.8) is 0 Å². The minimum Gasteiger partial charge on any atom is -0.360 e. The van der Waals surface area contributed by atoms with Gasteiger partial charge in [-0.15, -0.1) is 11.3 Å². The van der Waals surface area contributed by atoms with Crippen molar-refractivity contribution in [1.82, 2.24) is 10.3 Å². The molecule has 1 aliphatic heterocycles. The molecule has 0 aliphatic carbocycles. The first-order chi connectivity index (χ1) is 13.6. The highest BCUT2D eigenvalue weighted by Crippen LogP contribution is 2.26. The zero-order valence-corrected chi connectivity index (χ0v) is 16.4. The monoisotopic (exact) mass is 412 g/mol. The van der Waals surface area contributed by atoms with E-state index in [1.54, 1.807) is 17.5 Å². The van der Waals surface area contributed by atoms with Gasteiger partial charge in [0.1, 0.15) is 10.7 Å². The Hall–Kier alpha value is -2.90. The highest BCUT2D eigenvalue weighted by Gasteiger charge is 2.17. The Morgan fingerprint density at radius 1 is 1.14 bits per heavy atom. The highest BCUT2D eigenvalue weighted by molar-refractivity contribution is 7.13. The van der Waals surface area contributed by atoms with Gasteiger partial charge in [-0.2, -0.15) is 0 Å². The van der Waals surface area contributed by atoms with Gasteiger partial charge in [-0.05, 0) is 36.4 Å². The van der Waals surface area contributed by atoms with Gasteiger partial charge in [-0.25, -0.2) is 4.98 Å². The van der Waals surface area contributed by atoms with E-state index in [4.69, 9.17) is 11.6 Å². The first-order valence-corrected chi connectivity index (χ1v) is 9.99. The zero-order valence-electron chi connectivity index (χ0n) is 14.8. The number of anilines is 2. The Bertz CT molecular complexity index is 1000. The molecule has 6 nitrogen and oxygen atoms in total. The van der Waals surface area contributed by atoms with Crippen LogP contribution in [0.5, 0.6) is 0 Å². The molecule has 28 heavy (non-hydrogen) atoms. The average Bonchev–Trinajstić information content (AvgIpc) is 3.19. The van der Waals surface area contributed by atoms with Crippen LogP contribution in [-0.2, 0) is 4.79 Å². The molecule has 0 unspecified atom stereocenters. The lowest BCUT2D eigenvalue weighted by atomic mass is 10.2. The van der Waals surface area contributed by atoms with Crippen LogP contribution < -0.4 is 15.5 Å². The third-order valence-electron chi connectivity index (χ3n) is 4.36. The maximum atomic E-state index is 12.5. The SMILES string of the molecule is O=C1CN(c2ccc(NC(=O)c3csc(-c4ccc(Cl)cc4)n3)cc2)CCN1. The first-order valence-electron chi connectivity index (χ1n) is 8.73. The Balaban J connectivity index is 1.42. The van der Waals surface area contributed by atoms with Crippen molar-refractivity contribution in [2.75, 3.05) is 29.9 Å². The van der Waals surface area contributed by atoms with Crippen LogP contribution in [0, 0.1) is 0 Å². The number of amides is 2. The van der Waals surface area contributed by atoms with Crippen LogP contribution in [0.1, 0.15) is 10.5 Å². The lowest BCUT2D eigenvalue weighted by Crippen LogP contribution is -2.47. The zero-order chi connectivity index (χ0) is 19.5. The average molecular weight is 413 g/mol. The first kappa shape index (κ1) is 18.5. The molecule has 2 aromatic carbocycles. The largest absolute Gasteiger partial charge is 0.360 e. The van der Waals surface area contributed by atoms with Gasteiger partial charge in [0, 0.05) is 40.4 Å². The molecule has 4 rings (SSSR count). The normalized spacial score (nSPS) is 13.9. The summed E-state index contributed by atoms with van der Waals surface area (Å²) in [4.78, 5) is 30.4. The van der Waals surface area contributed by atoms with Gasteiger partial charge in [0.05, 0.1) is 6.54 Å². The Morgan fingerprint density at radius 2 is 1.89 bits per heavy atom. The van der Waals surface area contributed by atoms with E-state index in [2.05, 4.69) is 15.6 Å². The minimum absolute atomic E-state index is 0.0173. The number of thiazole rings is 1. The number of nitrogens with one attached hydrogen (secondary N) is 2. The topological polar surface area (TPSA) is 74.3 Å². The quantitative estimate of drug-likeness (QED) is 0.686. The minimum atomic E-state index is -0.262. The molecule has 142 valence electrons. The third-order valence-corrected chi connectivity index (χ3v) is 5.50. The Kier molecular flexibility index (Phi) is 5.27. The number of carbonyl (C=O) groups is 2. The number of nitrogens with zero attached hydrogens (tertiary/aromatic N) is 2. The number of halogens is 1. The predicted molar refractivity (Wildman–Crippen MR) is 112 cm³/mol. The van der Waals surface area contributed by atoms with Crippen molar-refractivity contribution in [2.45, 2.75) is 0 Å². The van der Waals surface area contributed by atoms with Crippen molar-refractivity contribution < 1.29 is 9.59 Å². The summed E-state index contributed by atoms with van der Waals surface area (Å²) in [5.74, 6) is -0.245. The van der Waals surface area contributed by atoms with E-state index in [0.717, 1.165) is 22.8 Å². The summed E-state index contributed by atoms with van der Waals surface area (Å²) in [7, 11) is 0. The Morgan fingerprint density at radius 3 is 2.61 bits per heavy atom. The van der Waals surface area contributed by atoms with Crippen LogP contribution in [0.4, 0.5) is 11.4 Å². The van der Waals surface area contributed by atoms with Gasteiger partial charge in [-0.1, -0.05) is 23.7 Å². The van der Waals surface area contributed by atoms with Gasteiger partial charge in [-0.3, -0.25) is 9.59 Å².